The van der Waals surface area contributed by atoms with Gasteiger partial charge in [-0.2, -0.15) is 13.2 Å². The zero-order chi connectivity index (χ0) is 20.1. The number of aliphatic imine (C=N–C) groups is 1. The Balaban J connectivity index is 2.30. The molecular formula is C19H31F3N4O. The van der Waals surface area contributed by atoms with E-state index >= 15 is 0 Å². The summed E-state index contributed by atoms with van der Waals surface area (Å²) in [6.45, 7) is 7.62. The Morgan fingerprint density at radius 1 is 1.07 bits per heavy atom. The molecular weight excluding hydrogens is 357 g/mol. The topological polar surface area (TPSA) is 48.9 Å². The van der Waals surface area contributed by atoms with E-state index < -0.39 is 12.8 Å². The Morgan fingerprint density at radius 3 is 2.26 bits per heavy atom. The van der Waals surface area contributed by atoms with E-state index in [1.165, 1.54) is 0 Å². The van der Waals surface area contributed by atoms with Crippen LogP contribution >= 0.6 is 0 Å². The van der Waals surface area contributed by atoms with E-state index in [0.717, 1.165) is 44.1 Å². The van der Waals surface area contributed by atoms with Crippen LogP contribution in [0.4, 0.5) is 13.2 Å². The molecule has 0 radical (unpaired) electrons. The maximum Gasteiger partial charge on any atom is 0.411 e. The van der Waals surface area contributed by atoms with E-state index in [-0.39, 0.29) is 6.61 Å². The highest BCUT2D eigenvalue weighted by Gasteiger charge is 2.27. The molecule has 0 heterocycles. The van der Waals surface area contributed by atoms with Gasteiger partial charge in [0.15, 0.2) is 5.96 Å². The number of nitrogens with one attached hydrogen (secondary N) is 2. The second-order valence-corrected chi connectivity index (χ2v) is 6.16. The van der Waals surface area contributed by atoms with E-state index in [1.54, 1.807) is 19.2 Å². The Hall–Kier alpha value is -1.80. The summed E-state index contributed by atoms with van der Waals surface area (Å²) in [5.74, 6) is 0.729. The molecule has 0 fully saturated rings. The van der Waals surface area contributed by atoms with Gasteiger partial charge >= 0.3 is 6.18 Å². The number of hydrogen-bond acceptors (Lipinski definition) is 3. The van der Waals surface area contributed by atoms with Gasteiger partial charge in [0.2, 0.25) is 0 Å². The lowest BCUT2D eigenvalue weighted by atomic mass is 10.1. The molecule has 0 saturated carbocycles. The molecule has 8 heteroatoms. The fourth-order valence-electron chi connectivity index (χ4n) is 2.49. The van der Waals surface area contributed by atoms with Crippen molar-refractivity contribution < 1.29 is 17.9 Å². The molecule has 0 spiro atoms. The number of benzene rings is 1. The molecule has 0 aliphatic rings. The normalized spacial score (nSPS) is 12.5. The van der Waals surface area contributed by atoms with Crippen LogP contribution in [0, 0.1) is 0 Å². The van der Waals surface area contributed by atoms with E-state index in [4.69, 9.17) is 0 Å². The van der Waals surface area contributed by atoms with Crippen LogP contribution in [-0.2, 0) is 17.9 Å². The maximum atomic E-state index is 12.1. The molecule has 1 aromatic carbocycles. The summed E-state index contributed by atoms with van der Waals surface area (Å²) in [6, 6.07) is 7.28. The number of ether oxygens (including phenoxy) is 1. The number of nitrogens with zero attached hydrogens (tertiary/aromatic N) is 2. The first-order valence-corrected chi connectivity index (χ1v) is 9.27. The molecule has 1 rings (SSSR count). The largest absolute Gasteiger partial charge is 0.411 e. The number of hydrogen-bond donors (Lipinski definition) is 2. The van der Waals surface area contributed by atoms with Crippen molar-refractivity contribution in [1.29, 1.82) is 0 Å². The molecule has 0 saturated heterocycles. The minimum Gasteiger partial charge on any atom is -0.367 e. The Morgan fingerprint density at radius 2 is 1.70 bits per heavy atom. The third-order valence-corrected chi connectivity index (χ3v) is 4.08. The Bertz CT molecular complexity index is 543. The fraction of sp³-hybridized carbons (Fsp3) is 0.632. The van der Waals surface area contributed by atoms with Gasteiger partial charge in [-0.15, -0.1) is 0 Å². The van der Waals surface area contributed by atoms with Crippen LogP contribution < -0.4 is 10.6 Å². The molecule has 0 amide bonds. The van der Waals surface area contributed by atoms with E-state index in [9.17, 15) is 13.2 Å². The fourth-order valence-corrected chi connectivity index (χ4v) is 2.49. The van der Waals surface area contributed by atoms with Gasteiger partial charge < -0.3 is 20.3 Å². The smallest absolute Gasteiger partial charge is 0.367 e. The van der Waals surface area contributed by atoms with Crippen LogP contribution in [0.1, 0.15) is 31.4 Å². The SMILES string of the molecule is CCN(CC)CCCNC(=NC)NCc1ccc(COCC(F)(F)F)cc1. The van der Waals surface area contributed by atoms with Crippen molar-refractivity contribution >= 4 is 5.96 Å². The highest BCUT2D eigenvalue weighted by Crippen LogP contribution is 2.15. The zero-order valence-electron chi connectivity index (χ0n) is 16.4. The lowest BCUT2D eigenvalue weighted by Gasteiger charge is -2.18. The molecule has 0 aromatic heterocycles. The summed E-state index contributed by atoms with van der Waals surface area (Å²) in [5.41, 5.74) is 1.72. The molecule has 0 aliphatic heterocycles. The van der Waals surface area contributed by atoms with Crippen molar-refractivity contribution in [2.75, 3.05) is 39.8 Å². The Labute approximate surface area is 160 Å². The van der Waals surface area contributed by atoms with Crippen LogP contribution in [-0.4, -0.2) is 56.9 Å². The van der Waals surface area contributed by atoms with Crippen molar-refractivity contribution in [3.05, 3.63) is 35.4 Å². The summed E-state index contributed by atoms with van der Waals surface area (Å²) in [4.78, 5) is 6.57. The van der Waals surface area contributed by atoms with Crippen LogP contribution in [0.2, 0.25) is 0 Å². The van der Waals surface area contributed by atoms with Gasteiger partial charge in [-0.3, -0.25) is 4.99 Å². The molecule has 1 aromatic rings. The Kier molecular flexibility index (Phi) is 10.8. The summed E-state index contributed by atoms with van der Waals surface area (Å²) in [7, 11) is 1.72. The van der Waals surface area contributed by atoms with Crippen LogP contribution in [0.25, 0.3) is 0 Å². The minimum atomic E-state index is -4.29. The summed E-state index contributed by atoms with van der Waals surface area (Å²) < 4.78 is 40.9. The monoisotopic (exact) mass is 388 g/mol. The van der Waals surface area contributed by atoms with Crippen molar-refractivity contribution in [1.82, 2.24) is 15.5 Å². The predicted molar refractivity (Wildman–Crippen MR) is 103 cm³/mol. The quantitative estimate of drug-likeness (QED) is 0.347. The lowest BCUT2D eigenvalue weighted by molar-refractivity contribution is -0.176. The number of guanidine groups is 1. The van der Waals surface area contributed by atoms with Gasteiger partial charge in [-0.1, -0.05) is 38.1 Å². The number of halogens is 3. The van der Waals surface area contributed by atoms with Gasteiger partial charge in [0.1, 0.15) is 6.61 Å². The first-order chi connectivity index (χ1) is 12.9. The van der Waals surface area contributed by atoms with Gasteiger partial charge in [0.05, 0.1) is 6.61 Å². The van der Waals surface area contributed by atoms with Gasteiger partial charge in [0.25, 0.3) is 0 Å². The van der Waals surface area contributed by atoms with Crippen LogP contribution in [0.15, 0.2) is 29.3 Å². The van der Waals surface area contributed by atoms with Crippen LogP contribution in [0.5, 0.6) is 0 Å². The number of alkyl halides is 3. The number of rotatable bonds is 11. The summed E-state index contributed by atoms with van der Waals surface area (Å²) in [6.07, 6.45) is -3.26. The summed E-state index contributed by atoms with van der Waals surface area (Å²) in [5, 5.41) is 6.51. The first kappa shape index (κ1) is 23.2. The standard InChI is InChI=1S/C19H31F3N4O/c1-4-26(5-2)12-6-11-24-18(23-3)25-13-16-7-9-17(10-8-16)14-27-15-19(20,21)22/h7-10H,4-6,11-15H2,1-3H3,(H2,23,24,25). The average Bonchev–Trinajstić information content (AvgIpc) is 2.64. The molecule has 0 bridgehead atoms. The van der Waals surface area contributed by atoms with Gasteiger partial charge in [0, 0.05) is 20.1 Å². The van der Waals surface area contributed by atoms with Crippen molar-refractivity contribution in [3.63, 3.8) is 0 Å². The van der Waals surface area contributed by atoms with Crippen molar-refractivity contribution in [2.24, 2.45) is 4.99 Å². The summed E-state index contributed by atoms with van der Waals surface area (Å²) >= 11 is 0. The molecule has 27 heavy (non-hydrogen) atoms. The molecule has 5 nitrogen and oxygen atoms in total. The van der Waals surface area contributed by atoms with Crippen molar-refractivity contribution in [3.8, 4) is 0 Å². The molecule has 154 valence electrons. The highest BCUT2D eigenvalue weighted by atomic mass is 19.4. The van der Waals surface area contributed by atoms with E-state index in [0.29, 0.717) is 12.1 Å². The molecule has 0 atom stereocenters. The lowest BCUT2D eigenvalue weighted by Crippen LogP contribution is -2.38. The molecule has 0 aliphatic carbocycles. The molecule has 2 N–H and O–H groups in total. The second kappa shape index (κ2) is 12.6. The zero-order valence-corrected chi connectivity index (χ0v) is 16.4. The minimum absolute atomic E-state index is 0.0526. The first-order valence-electron chi connectivity index (χ1n) is 9.27. The van der Waals surface area contributed by atoms with Crippen LogP contribution in [0.3, 0.4) is 0 Å². The van der Waals surface area contributed by atoms with Crippen molar-refractivity contribution in [2.45, 2.75) is 39.6 Å². The predicted octanol–water partition coefficient (Wildman–Crippen LogP) is 3.16. The average molecular weight is 388 g/mol. The molecule has 0 unspecified atom stereocenters. The highest BCUT2D eigenvalue weighted by molar-refractivity contribution is 5.79. The van der Waals surface area contributed by atoms with E-state index in [1.807, 2.05) is 12.1 Å². The second-order valence-electron chi connectivity index (χ2n) is 6.16. The van der Waals surface area contributed by atoms with Gasteiger partial charge in [-0.05, 0) is 37.2 Å². The van der Waals surface area contributed by atoms with Gasteiger partial charge in [-0.25, -0.2) is 0 Å². The third-order valence-electron chi connectivity index (χ3n) is 4.08. The third kappa shape index (κ3) is 10.8. The maximum absolute atomic E-state index is 12.1. The van der Waals surface area contributed by atoms with E-state index in [2.05, 4.69) is 39.1 Å².